The van der Waals surface area contributed by atoms with Crippen LogP contribution in [0.1, 0.15) is 5.69 Å². The number of nitrogens with zero attached hydrogens (tertiary/aromatic N) is 4. The quantitative estimate of drug-likeness (QED) is 0.344. The molecular weight excluding hydrogens is 394 g/mol. The van der Waals surface area contributed by atoms with E-state index < -0.39 is 22.4 Å². The number of ether oxygens (including phenoxy) is 1. The molecule has 0 unspecified atom stereocenters. The molecule has 11 nitrogen and oxygen atoms in total. The lowest BCUT2D eigenvalue weighted by Crippen LogP contribution is -2.24. The summed E-state index contributed by atoms with van der Waals surface area (Å²) < 4.78 is 6.91. The van der Waals surface area contributed by atoms with E-state index in [1.54, 1.807) is 41.1 Å². The number of amides is 1. The van der Waals surface area contributed by atoms with Crippen molar-refractivity contribution in [3.05, 3.63) is 92.8 Å². The van der Waals surface area contributed by atoms with Crippen molar-refractivity contribution in [2.24, 2.45) is 5.10 Å². The Kier molecular flexibility index (Phi) is 6.13. The number of hydrazone groups is 1. The highest BCUT2D eigenvalue weighted by Crippen LogP contribution is 2.25. The first-order chi connectivity index (χ1) is 14.5. The van der Waals surface area contributed by atoms with E-state index in [9.17, 15) is 25.0 Å². The summed E-state index contributed by atoms with van der Waals surface area (Å²) in [6, 6.07) is 15.2. The second-order valence-electron chi connectivity index (χ2n) is 5.88. The van der Waals surface area contributed by atoms with Gasteiger partial charge in [-0.3, -0.25) is 25.0 Å². The molecule has 11 heteroatoms. The van der Waals surface area contributed by atoms with E-state index in [4.69, 9.17) is 4.74 Å². The molecule has 152 valence electrons. The first kappa shape index (κ1) is 20.2. The standard InChI is InChI=1S/C19H15N5O6/c25-19(13-30-18-6-2-1-5-17(18)24(28)29)21-20-12-16-4-3-11-22(16)14-7-9-15(10-8-14)23(26)27/h1-12H,13H2,(H,21,25)/b20-12+. The predicted molar refractivity (Wildman–Crippen MR) is 107 cm³/mol. The largest absolute Gasteiger partial charge is 0.477 e. The van der Waals surface area contributed by atoms with Crippen LogP contribution in [0.3, 0.4) is 0 Å². The van der Waals surface area contributed by atoms with Crippen molar-refractivity contribution in [2.45, 2.75) is 0 Å². The van der Waals surface area contributed by atoms with E-state index in [1.807, 2.05) is 0 Å². The third-order valence-electron chi connectivity index (χ3n) is 3.93. The fourth-order valence-electron chi connectivity index (χ4n) is 2.55. The van der Waals surface area contributed by atoms with Crippen LogP contribution in [0.15, 0.2) is 72.0 Å². The first-order valence-corrected chi connectivity index (χ1v) is 8.56. The molecule has 0 saturated carbocycles. The number of rotatable bonds is 8. The number of hydrogen-bond acceptors (Lipinski definition) is 7. The van der Waals surface area contributed by atoms with E-state index in [1.165, 1.54) is 36.5 Å². The molecule has 0 radical (unpaired) electrons. The minimum Gasteiger partial charge on any atom is -0.477 e. The minimum absolute atomic E-state index is 0.0197. The molecule has 1 heterocycles. The van der Waals surface area contributed by atoms with Crippen LogP contribution >= 0.6 is 0 Å². The molecular formula is C19H15N5O6. The Hall–Kier alpha value is -4.54. The molecule has 1 N–H and O–H groups in total. The summed E-state index contributed by atoms with van der Waals surface area (Å²) in [6.45, 7) is -0.453. The molecule has 30 heavy (non-hydrogen) atoms. The third kappa shape index (κ3) is 4.84. The number of benzene rings is 2. The average molecular weight is 409 g/mol. The Morgan fingerprint density at radius 3 is 2.47 bits per heavy atom. The summed E-state index contributed by atoms with van der Waals surface area (Å²) in [5.41, 5.74) is 3.31. The van der Waals surface area contributed by atoms with Gasteiger partial charge in [0.25, 0.3) is 11.6 Å². The number of carbonyl (C=O) groups is 1. The van der Waals surface area contributed by atoms with Crippen LogP contribution in [-0.2, 0) is 4.79 Å². The van der Waals surface area contributed by atoms with Crippen LogP contribution in [0, 0.1) is 20.2 Å². The smallest absolute Gasteiger partial charge is 0.310 e. The lowest BCUT2D eigenvalue weighted by atomic mass is 10.3. The molecule has 0 atom stereocenters. The number of nitro groups is 2. The second kappa shape index (κ2) is 9.10. The van der Waals surface area contributed by atoms with Crippen molar-refractivity contribution >= 4 is 23.5 Å². The van der Waals surface area contributed by atoms with Gasteiger partial charge in [-0.2, -0.15) is 5.10 Å². The molecule has 0 aliphatic heterocycles. The van der Waals surface area contributed by atoms with Crippen LogP contribution in [0.2, 0.25) is 0 Å². The Bertz CT molecular complexity index is 1110. The normalized spacial score (nSPS) is 10.7. The minimum atomic E-state index is -0.599. The topological polar surface area (TPSA) is 142 Å². The van der Waals surface area contributed by atoms with Crippen molar-refractivity contribution in [3.8, 4) is 11.4 Å². The van der Waals surface area contributed by atoms with Gasteiger partial charge in [-0.15, -0.1) is 0 Å². The van der Waals surface area contributed by atoms with Gasteiger partial charge in [0.15, 0.2) is 12.4 Å². The maximum absolute atomic E-state index is 11.9. The number of nitro benzene ring substituents is 2. The third-order valence-corrected chi connectivity index (χ3v) is 3.93. The Balaban J connectivity index is 1.60. The highest BCUT2D eigenvalue weighted by atomic mass is 16.6. The molecule has 3 aromatic rings. The fourth-order valence-corrected chi connectivity index (χ4v) is 2.55. The Morgan fingerprint density at radius 2 is 1.77 bits per heavy atom. The molecule has 0 bridgehead atoms. The number of nitrogens with one attached hydrogen (secondary N) is 1. The molecule has 1 aromatic heterocycles. The monoisotopic (exact) mass is 409 g/mol. The average Bonchev–Trinajstić information content (AvgIpc) is 3.21. The van der Waals surface area contributed by atoms with Crippen LogP contribution in [0.25, 0.3) is 5.69 Å². The van der Waals surface area contributed by atoms with E-state index in [0.29, 0.717) is 11.4 Å². The highest BCUT2D eigenvalue weighted by Gasteiger charge is 2.14. The molecule has 3 rings (SSSR count). The molecule has 0 aliphatic carbocycles. The van der Waals surface area contributed by atoms with Gasteiger partial charge in [-0.05, 0) is 30.3 Å². The summed E-state index contributed by atoms with van der Waals surface area (Å²) in [7, 11) is 0. The summed E-state index contributed by atoms with van der Waals surface area (Å²) >= 11 is 0. The van der Waals surface area contributed by atoms with Crippen molar-refractivity contribution < 1.29 is 19.4 Å². The zero-order valence-electron chi connectivity index (χ0n) is 15.4. The first-order valence-electron chi connectivity index (χ1n) is 8.56. The van der Waals surface area contributed by atoms with E-state index in [-0.39, 0.29) is 17.1 Å². The van der Waals surface area contributed by atoms with Gasteiger partial charge in [-0.25, -0.2) is 5.43 Å². The van der Waals surface area contributed by atoms with Crippen LogP contribution in [0.5, 0.6) is 5.75 Å². The molecule has 0 saturated heterocycles. The van der Waals surface area contributed by atoms with Gasteiger partial charge in [0.2, 0.25) is 0 Å². The van der Waals surface area contributed by atoms with Gasteiger partial charge in [0, 0.05) is 30.1 Å². The highest BCUT2D eigenvalue weighted by molar-refractivity contribution is 5.82. The van der Waals surface area contributed by atoms with Crippen molar-refractivity contribution in [3.63, 3.8) is 0 Å². The number of aromatic nitrogens is 1. The van der Waals surface area contributed by atoms with Crippen molar-refractivity contribution in [1.29, 1.82) is 0 Å². The Morgan fingerprint density at radius 1 is 1.03 bits per heavy atom. The van der Waals surface area contributed by atoms with E-state index in [2.05, 4.69) is 10.5 Å². The predicted octanol–water partition coefficient (Wildman–Crippen LogP) is 2.82. The lowest BCUT2D eigenvalue weighted by molar-refractivity contribution is -0.385. The van der Waals surface area contributed by atoms with Gasteiger partial charge in [-0.1, -0.05) is 12.1 Å². The Labute approximate surface area is 169 Å². The number of hydrogen-bond donors (Lipinski definition) is 1. The van der Waals surface area contributed by atoms with E-state index >= 15 is 0 Å². The van der Waals surface area contributed by atoms with Gasteiger partial charge >= 0.3 is 5.69 Å². The lowest BCUT2D eigenvalue weighted by Gasteiger charge is -2.06. The zero-order chi connectivity index (χ0) is 21.5. The van der Waals surface area contributed by atoms with Gasteiger partial charge in [0.05, 0.1) is 21.8 Å². The molecule has 0 fully saturated rings. The molecule has 0 spiro atoms. The molecule has 2 aromatic carbocycles. The maximum Gasteiger partial charge on any atom is 0.310 e. The van der Waals surface area contributed by atoms with Gasteiger partial charge < -0.3 is 9.30 Å². The summed E-state index contributed by atoms with van der Waals surface area (Å²) in [5, 5.41) is 25.5. The number of non-ortho nitro benzene ring substituents is 1. The SMILES string of the molecule is O=C(COc1ccccc1[N+](=O)[O-])N/N=C/c1cccn1-c1ccc([N+](=O)[O-])cc1. The maximum atomic E-state index is 11.9. The van der Waals surface area contributed by atoms with Crippen molar-refractivity contribution in [1.82, 2.24) is 9.99 Å². The molecule has 0 aliphatic rings. The summed E-state index contributed by atoms with van der Waals surface area (Å²) in [5.74, 6) is -0.619. The van der Waals surface area contributed by atoms with Crippen molar-refractivity contribution in [2.75, 3.05) is 6.61 Å². The van der Waals surface area contributed by atoms with E-state index in [0.717, 1.165) is 0 Å². The zero-order valence-corrected chi connectivity index (χ0v) is 15.4. The second-order valence-corrected chi connectivity index (χ2v) is 5.88. The summed E-state index contributed by atoms with van der Waals surface area (Å²) in [6.07, 6.45) is 3.13. The van der Waals surface area contributed by atoms with Crippen LogP contribution in [-0.4, -0.2) is 33.1 Å². The number of para-hydroxylation sites is 2. The summed E-state index contributed by atoms with van der Waals surface area (Å²) in [4.78, 5) is 32.5. The van der Waals surface area contributed by atoms with Crippen LogP contribution in [0.4, 0.5) is 11.4 Å². The number of carbonyl (C=O) groups excluding carboxylic acids is 1. The fraction of sp³-hybridized carbons (Fsp3) is 0.0526. The molecule has 1 amide bonds. The van der Waals surface area contributed by atoms with Gasteiger partial charge in [0.1, 0.15) is 0 Å². The van der Waals surface area contributed by atoms with Crippen LogP contribution < -0.4 is 10.2 Å².